The Morgan fingerprint density at radius 1 is 1.38 bits per heavy atom. The van der Waals surface area contributed by atoms with E-state index in [-0.39, 0.29) is 5.75 Å². The van der Waals surface area contributed by atoms with E-state index < -0.39 is 0 Å². The highest BCUT2D eigenvalue weighted by Crippen LogP contribution is 2.03. The van der Waals surface area contributed by atoms with Gasteiger partial charge in [0, 0.05) is 0 Å². The van der Waals surface area contributed by atoms with Crippen molar-refractivity contribution >= 4 is 5.69 Å². The zero-order chi connectivity index (χ0) is 5.98. The van der Waals surface area contributed by atoms with E-state index in [0.717, 1.165) is 0 Å². The van der Waals surface area contributed by atoms with Crippen LogP contribution in [0.5, 0.6) is 5.75 Å². The Morgan fingerprint density at radius 3 is 2.50 bits per heavy atom. The summed E-state index contributed by atoms with van der Waals surface area (Å²) in [6.45, 7) is 0. The summed E-state index contributed by atoms with van der Waals surface area (Å²) >= 11 is 0. The van der Waals surface area contributed by atoms with Crippen LogP contribution in [0.4, 0.5) is 5.69 Å². The van der Waals surface area contributed by atoms with Gasteiger partial charge < -0.3 is 10.8 Å². The largest absolute Gasteiger partial charge is 0.501 e. The molecule has 0 aliphatic rings. The average molecular weight is 107 g/mol. The summed E-state index contributed by atoms with van der Waals surface area (Å²) in [4.78, 5) is 0. The van der Waals surface area contributed by atoms with Crippen molar-refractivity contribution in [1.82, 2.24) is 0 Å². The highest BCUT2D eigenvalue weighted by atomic mass is 16.3. The number of aromatic hydroxyl groups is 1. The molecule has 2 heteroatoms. The van der Waals surface area contributed by atoms with Crippen LogP contribution in [0, 0.1) is 12.1 Å². The molecule has 0 aliphatic heterocycles. The van der Waals surface area contributed by atoms with Gasteiger partial charge in [-0.05, 0) is 24.3 Å². The molecule has 0 fully saturated rings. The van der Waals surface area contributed by atoms with Gasteiger partial charge in [0.25, 0.3) is 0 Å². The molecule has 0 bridgehead atoms. The van der Waals surface area contributed by atoms with Crippen LogP contribution in [-0.2, 0) is 0 Å². The van der Waals surface area contributed by atoms with E-state index in [4.69, 9.17) is 10.8 Å². The van der Waals surface area contributed by atoms with Crippen molar-refractivity contribution in [1.29, 1.82) is 0 Å². The molecule has 40 valence electrons. The lowest BCUT2D eigenvalue weighted by molar-refractivity contribution is 0.475. The molecule has 2 nitrogen and oxygen atoms in total. The van der Waals surface area contributed by atoms with Crippen LogP contribution in [0.3, 0.4) is 0 Å². The number of hydrogen-bond acceptors (Lipinski definition) is 2. The Morgan fingerprint density at radius 2 is 2.12 bits per heavy atom. The zero-order valence-electron chi connectivity index (χ0n) is 4.18. The summed E-state index contributed by atoms with van der Waals surface area (Å²) in [6, 6.07) is 7.93. The summed E-state index contributed by atoms with van der Waals surface area (Å²) in [5.74, 6) is 0.0687. The topological polar surface area (TPSA) is 46.2 Å². The van der Waals surface area contributed by atoms with Crippen molar-refractivity contribution in [2.75, 3.05) is 5.73 Å². The second kappa shape index (κ2) is 1.63. The third-order valence-electron chi connectivity index (χ3n) is 0.756. The minimum absolute atomic E-state index is 0.0687. The zero-order valence-corrected chi connectivity index (χ0v) is 4.18. The van der Waals surface area contributed by atoms with Gasteiger partial charge >= 0.3 is 0 Å². The fourth-order valence-corrected chi connectivity index (χ4v) is 0.388. The fraction of sp³-hybridized carbons (Fsp3) is 0. The third-order valence-corrected chi connectivity index (χ3v) is 0.756. The Labute approximate surface area is 47.6 Å². The molecule has 0 saturated carbocycles. The van der Waals surface area contributed by atoms with Gasteiger partial charge in [-0.25, -0.2) is 0 Å². The summed E-state index contributed by atoms with van der Waals surface area (Å²) in [6.07, 6.45) is 0. The normalized spacial score (nSPS) is 8.00. The van der Waals surface area contributed by atoms with Crippen molar-refractivity contribution in [2.24, 2.45) is 0 Å². The molecular weight excluding hydrogens is 102 g/mol. The molecule has 0 aliphatic carbocycles. The number of hydrogen-bond donors (Lipinski definition) is 2. The van der Waals surface area contributed by atoms with E-state index in [1.165, 1.54) is 6.07 Å². The van der Waals surface area contributed by atoms with E-state index in [0.29, 0.717) is 5.69 Å². The predicted molar refractivity (Wildman–Crippen MR) is 30.2 cm³/mol. The molecule has 0 heterocycles. The van der Waals surface area contributed by atoms with E-state index in [9.17, 15) is 0 Å². The fourth-order valence-electron chi connectivity index (χ4n) is 0.388. The van der Waals surface area contributed by atoms with Crippen molar-refractivity contribution in [2.45, 2.75) is 0 Å². The lowest BCUT2D eigenvalue weighted by Crippen LogP contribution is -1.78. The Kier molecular flexibility index (Phi) is 0.974. The second-order valence-electron chi connectivity index (χ2n) is 1.42. The van der Waals surface area contributed by atoms with Crippen molar-refractivity contribution in [3.8, 4) is 5.75 Å². The van der Waals surface area contributed by atoms with Gasteiger partial charge in [0.15, 0.2) is 5.75 Å². The smallest absolute Gasteiger partial charge is 0.167 e. The average Bonchev–Trinajstić information content (AvgIpc) is 1.77. The highest BCUT2D eigenvalue weighted by molar-refractivity contribution is 5.34. The summed E-state index contributed by atoms with van der Waals surface area (Å²) in [5, 5.41) is 8.61. The maximum absolute atomic E-state index is 8.61. The first-order chi connectivity index (χ1) is 3.79. The summed E-state index contributed by atoms with van der Waals surface area (Å²) < 4.78 is 0. The molecule has 0 saturated heterocycles. The van der Waals surface area contributed by atoms with Crippen LogP contribution in [0.15, 0.2) is 12.1 Å². The minimum atomic E-state index is 0.0687. The van der Waals surface area contributed by atoms with E-state index >= 15 is 0 Å². The molecule has 0 atom stereocenters. The van der Waals surface area contributed by atoms with Crippen LogP contribution in [0.2, 0.25) is 0 Å². The van der Waals surface area contributed by atoms with Gasteiger partial charge in [-0.3, -0.25) is 0 Å². The van der Waals surface area contributed by atoms with Gasteiger partial charge in [0.05, 0.1) is 5.69 Å². The molecule has 0 aromatic heterocycles. The summed E-state index contributed by atoms with van der Waals surface area (Å²) in [7, 11) is 0. The maximum atomic E-state index is 8.61. The van der Waals surface area contributed by atoms with Crippen LogP contribution >= 0.6 is 0 Å². The van der Waals surface area contributed by atoms with Crippen molar-refractivity contribution in [3.05, 3.63) is 24.3 Å². The van der Waals surface area contributed by atoms with Crippen LogP contribution < -0.4 is 5.73 Å². The lowest BCUT2D eigenvalue weighted by Gasteiger charge is -1.82. The van der Waals surface area contributed by atoms with E-state index in [1.807, 2.05) is 0 Å². The number of rotatable bonds is 0. The molecule has 1 rings (SSSR count). The third kappa shape index (κ3) is 0.824. The van der Waals surface area contributed by atoms with Gasteiger partial charge in [-0.15, -0.1) is 0 Å². The monoisotopic (exact) mass is 107 g/mol. The SMILES string of the molecule is Nc1c#cc(O)cc1. The van der Waals surface area contributed by atoms with Crippen LogP contribution in [0.25, 0.3) is 0 Å². The quantitative estimate of drug-likeness (QED) is 0.509. The van der Waals surface area contributed by atoms with Gasteiger partial charge in [0.1, 0.15) is 0 Å². The summed E-state index contributed by atoms with van der Waals surface area (Å²) in [5.41, 5.74) is 5.72. The molecule has 8 heavy (non-hydrogen) atoms. The molecular formula is C6H5NO. The molecule has 0 unspecified atom stereocenters. The first kappa shape index (κ1) is 4.79. The lowest BCUT2D eigenvalue weighted by atomic mass is 10.4. The molecule has 0 amide bonds. The first-order valence-electron chi connectivity index (χ1n) is 2.17. The maximum Gasteiger partial charge on any atom is 0.167 e. The second-order valence-corrected chi connectivity index (χ2v) is 1.42. The van der Waals surface area contributed by atoms with E-state index in [2.05, 4.69) is 12.1 Å². The van der Waals surface area contributed by atoms with Crippen molar-refractivity contribution < 1.29 is 5.11 Å². The van der Waals surface area contributed by atoms with Gasteiger partial charge in [-0.1, -0.05) is 0 Å². The first-order valence-corrected chi connectivity index (χ1v) is 2.17. The van der Waals surface area contributed by atoms with Crippen LogP contribution in [0.1, 0.15) is 0 Å². The Balaban J connectivity index is 3.03. The Hall–Kier alpha value is -1.36. The minimum Gasteiger partial charge on any atom is -0.501 e. The highest BCUT2D eigenvalue weighted by Gasteiger charge is 1.79. The molecule has 0 spiro atoms. The molecule has 1 aromatic rings. The van der Waals surface area contributed by atoms with E-state index in [1.54, 1.807) is 6.07 Å². The molecule has 3 N–H and O–H groups in total. The molecule has 0 radical (unpaired) electrons. The molecule has 1 aromatic carbocycles. The standard InChI is InChI=1S/C6H5NO/c7-5-1-3-6(8)4-2-5/h1,3,8H,7H2. The van der Waals surface area contributed by atoms with Crippen LogP contribution in [-0.4, -0.2) is 5.11 Å². The Bertz CT molecular complexity index is 147. The van der Waals surface area contributed by atoms with Crippen molar-refractivity contribution in [3.63, 3.8) is 0 Å². The van der Waals surface area contributed by atoms with Gasteiger partial charge in [-0.2, -0.15) is 0 Å². The number of anilines is 1. The van der Waals surface area contributed by atoms with Gasteiger partial charge in [0.2, 0.25) is 0 Å². The predicted octanol–water partition coefficient (Wildman–Crippen LogP) is 0.575. The number of nitrogen functional groups attached to an aromatic ring is 1. The number of nitrogens with two attached hydrogens (primary N) is 1.